The molecule has 0 atom stereocenters. The molecule has 6 heteroatoms. The van der Waals surface area contributed by atoms with Crippen molar-refractivity contribution in [2.24, 2.45) is 5.10 Å². The number of unbranched alkanes of at least 4 members (excludes halogenated alkanes) is 2. The van der Waals surface area contributed by atoms with Crippen LogP contribution in [0, 0.1) is 0 Å². The Balaban J connectivity index is 0. The monoisotopic (exact) mass is 588 g/mol. The minimum absolute atomic E-state index is 0.124. The lowest BCUT2D eigenvalue weighted by molar-refractivity contribution is 0.0645. The fourth-order valence-electron chi connectivity index (χ4n) is 4.50. The summed E-state index contributed by atoms with van der Waals surface area (Å²) in [5.74, 6) is 0.124. The van der Waals surface area contributed by atoms with Gasteiger partial charge in [-0.25, -0.2) is 0 Å². The third-order valence-corrected chi connectivity index (χ3v) is 7.04. The molecule has 0 radical (unpaired) electrons. The van der Waals surface area contributed by atoms with Crippen LogP contribution in [0.3, 0.4) is 0 Å². The molecule has 42 heavy (non-hydrogen) atoms. The van der Waals surface area contributed by atoms with Gasteiger partial charge < -0.3 is 21.0 Å². The van der Waals surface area contributed by atoms with Crippen LogP contribution >= 0.6 is 0 Å². The maximum absolute atomic E-state index is 13.2. The number of amides is 1. The molecule has 1 fully saturated rings. The van der Waals surface area contributed by atoms with Crippen LogP contribution in [0.25, 0.3) is 5.57 Å². The first-order valence-electron chi connectivity index (χ1n) is 17.3. The summed E-state index contributed by atoms with van der Waals surface area (Å²) in [5.41, 5.74) is 13.1. The summed E-state index contributed by atoms with van der Waals surface area (Å²) in [6, 6.07) is 6.35. The van der Waals surface area contributed by atoms with E-state index in [1.54, 1.807) is 0 Å². The predicted octanol–water partition coefficient (Wildman–Crippen LogP) is 9.41. The van der Waals surface area contributed by atoms with Crippen molar-refractivity contribution < 1.29 is 4.79 Å². The van der Waals surface area contributed by atoms with Gasteiger partial charge in [-0.05, 0) is 82.3 Å². The Morgan fingerprint density at radius 3 is 2.19 bits per heavy atom. The van der Waals surface area contributed by atoms with Gasteiger partial charge in [0.1, 0.15) is 0 Å². The van der Waals surface area contributed by atoms with E-state index in [9.17, 15) is 4.79 Å². The normalized spacial score (nSPS) is 17.1. The molecule has 0 unspecified atom stereocenters. The zero-order chi connectivity index (χ0) is 32.2. The van der Waals surface area contributed by atoms with E-state index in [1.165, 1.54) is 37.7 Å². The van der Waals surface area contributed by atoms with E-state index in [4.69, 9.17) is 5.73 Å². The Kier molecular flexibility index (Phi) is 28.6. The Morgan fingerprint density at radius 1 is 1.00 bits per heavy atom. The highest BCUT2D eigenvalue weighted by molar-refractivity contribution is 5.96. The van der Waals surface area contributed by atoms with Gasteiger partial charge in [-0.1, -0.05) is 94.1 Å². The zero-order valence-electron chi connectivity index (χ0n) is 29.4. The fraction of sp³-hybridized carbons (Fsp3) is 0.722. The number of hydrogen-bond acceptors (Lipinski definition) is 5. The van der Waals surface area contributed by atoms with E-state index in [0.717, 1.165) is 75.0 Å². The molecule has 0 aliphatic carbocycles. The van der Waals surface area contributed by atoms with Gasteiger partial charge in [-0.2, -0.15) is 5.10 Å². The summed E-state index contributed by atoms with van der Waals surface area (Å²) in [5, 5.41) is 4.21. The third-order valence-electron chi connectivity index (χ3n) is 7.04. The number of piperidine rings is 1. The molecule has 0 bridgehead atoms. The molecule has 2 aliphatic rings. The molecule has 1 aromatic rings. The molecular formula is C36H69N5O. The molecule has 1 saturated heterocycles. The average molecular weight is 588 g/mol. The van der Waals surface area contributed by atoms with Crippen molar-refractivity contribution in [3.63, 3.8) is 0 Å². The molecule has 2 aliphatic heterocycles. The second kappa shape index (κ2) is 28.8. The van der Waals surface area contributed by atoms with Crippen molar-refractivity contribution in [1.82, 2.24) is 15.2 Å². The van der Waals surface area contributed by atoms with Gasteiger partial charge in [-0.3, -0.25) is 4.79 Å². The van der Waals surface area contributed by atoms with Crippen LogP contribution in [0.1, 0.15) is 149 Å². The third kappa shape index (κ3) is 17.6. The van der Waals surface area contributed by atoms with Crippen molar-refractivity contribution in [2.45, 2.75) is 139 Å². The average Bonchev–Trinajstić information content (AvgIpc) is 3.05. The van der Waals surface area contributed by atoms with Gasteiger partial charge in [0.2, 0.25) is 0 Å². The van der Waals surface area contributed by atoms with E-state index in [1.807, 2.05) is 57.0 Å². The topological polar surface area (TPSA) is 74.0 Å². The lowest BCUT2D eigenvalue weighted by atomic mass is 9.95. The lowest BCUT2D eigenvalue weighted by Gasteiger charge is -2.37. The molecule has 3 N–H and O–H groups in total. The van der Waals surface area contributed by atoms with Crippen LogP contribution in [-0.2, 0) is 0 Å². The Hall–Kier alpha value is -2.34. The highest BCUT2D eigenvalue weighted by Crippen LogP contribution is 2.28. The number of carbonyl (C=O) groups is 1. The number of nitrogens with two attached hydrogens (primary N) is 1. The molecule has 0 saturated carbocycles. The lowest BCUT2D eigenvalue weighted by Crippen LogP contribution is -2.45. The number of nitrogens with one attached hydrogen (secondary N) is 1. The van der Waals surface area contributed by atoms with Gasteiger partial charge in [0.05, 0.1) is 6.54 Å². The number of hydrogen-bond donors (Lipinski definition) is 2. The van der Waals surface area contributed by atoms with Gasteiger partial charge >= 0.3 is 0 Å². The summed E-state index contributed by atoms with van der Waals surface area (Å²) in [6.45, 7) is 22.3. The van der Waals surface area contributed by atoms with Crippen LogP contribution < -0.4 is 11.2 Å². The second-order valence-electron chi connectivity index (χ2n) is 10.5. The Bertz CT molecular complexity index is 826. The van der Waals surface area contributed by atoms with Crippen LogP contribution in [0.4, 0.5) is 5.69 Å². The van der Waals surface area contributed by atoms with Crippen molar-refractivity contribution in [1.29, 1.82) is 0 Å². The molecule has 0 aromatic heterocycles. The molecule has 244 valence electrons. The number of likely N-dealkylation sites (tertiary alicyclic amines) is 1. The van der Waals surface area contributed by atoms with Crippen molar-refractivity contribution >= 4 is 23.4 Å². The van der Waals surface area contributed by atoms with E-state index in [0.29, 0.717) is 12.6 Å². The van der Waals surface area contributed by atoms with Crippen LogP contribution in [0.15, 0.2) is 29.4 Å². The van der Waals surface area contributed by atoms with Gasteiger partial charge in [0.25, 0.3) is 5.91 Å². The molecule has 6 nitrogen and oxygen atoms in total. The minimum Gasteiger partial charge on any atom is -0.398 e. The largest absolute Gasteiger partial charge is 0.398 e. The van der Waals surface area contributed by atoms with Gasteiger partial charge in [-0.15, -0.1) is 0 Å². The number of hydrazone groups is 1. The van der Waals surface area contributed by atoms with Gasteiger partial charge in [0, 0.05) is 42.2 Å². The van der Waals surface area contributed by atoms with Crippen LogP contribution in [-0.4, -0.2) is 61.2 Å². The van der Waals surface area contributed by atoms with Crippen molar-refractivity contribution in [2.75, 3.05) is 39.0 Å². The van der Waals surface area contributed by atoms with E-state index >= 15 is 0 Å². The maximum Gasteiger partial charge on any atom is 0.253 e. The number of rotatable bonds is 7. The van der Waals surface area contributed by atoms with E-state index in [2.05, 4.69) is 63.2 Å². The molecule has 2 heterocycles. The molecule has 3 rings (SSSR count). The predicted molar refractivity (Wildman–Crippen MR) is 190 cm³/mol. The number of anilines is 1. The SMILES string of the molecule is CC.CC.CCC.CCCC.CCCCN(C)C1CCN(C(=O)c2ccc(N)c(/C3=C/CN/N=C\CCCC3)c2)CC1. The number of nitrogens with zero attached hydrogens (tertiary/aromatic N) is 3. The number of nitrogen functional groups attached to an aromatic ring is 1. The fourth-order valence-corrected chi connectivity index (χ4v) is 4.50. The second-order valence-corrected chi connectivity index (χ2v) is 10.5. The van der Waals surface area contributed by atoms with Crippen LogP contribution in [0.2, 0.25) is 0 Å². The van der Waals surface area contributed by atoms with Crippen molar-refractivity contribution in [3.8, 4) is 0 Å². The highest BCUT2D eigenvalue weighted by Gasteiger charge is 2.26. The molecular weight excluding hydrogens is 518 g/mol. The summed E-state index contributed by atoms with van der Waals surface area (Å²) in [7, 11) is 2.22. The number of allylic oxidation sites excluding steroid dienone is 1. The van der Waals surface area contributed by atoms with E-state index < -0.39 is 0 Å². The first-order valence-corrected chi connectivity index (χ1v) is 17.3. The Labute approximate surface area is 261 Å². The quantitative estimate of drug-likeness (QED) is 0.312. The first-order chi connectivity index (χ1) is 20.4. The molecule has 0 spiro atoms. The molecule has 1 aromatic carbocycles. The summed E-state index contributed by atoms with van der Waals surface area (Å²) >= 11 is 0. The summed E-state index contributed by atoms with van der Waals surface area (Å²) < 4.78 is 0. The Morgan fingerprint density at radius 2 is 1.62 bits per heavy atom. The minimum atomic E-state index is 0.124. The standard InChI is InChI=1S/C25H39N5O.C4H10.C3H8.2C2H6/c1-3-4-16-29(2)22-12-17-30(18-13-22)25(31)21-9-10-24(26)23(19-21)20-8-6-5-7-14-27-28-15-11-20;1-3-4-2;1-3-2;2*1-2/h9-11,14,19,22,28H,3-8,12-13,15-18,26H2,1-2H3;3-4H2,1-2H3;3H2,1-2H3;2*1-2H3/b20-11+,27-14-;;;;. The number of carbonyl (C=O) groups excluding carboxylic acids is 1. The summed E-state index contributed by atoms with van der Waals surface area (Å²) in [4.78, 5) is 17.7. The smallest absolute Gasteiger partial charge is 0.253 e. The maximum atomic E-state index is 13.2. The zero-order valence-corrected chi connectivity index (χ0v) is 29.4. The highest BCUT2D eigenvalue weighted by atomic mass is 16.2. The van der Waals surface area contributed by atoms with Gasteiger partial charge in [0.15, 0.2) is 0 Å². The van der Waals surface area contributed by atoms with Crippen molar-refractivity contribution in [3.05, 3.63) is 35.4 Å². The first kappa shape index (κ1) is 41.8. The molecule has 1 amide bonds. The van der Waals surface area contributed by atoms with Crippen LogP contribution in [0.5, 0.6) is 0 Å². The van der Waals surface area contributed by atoms with E-state index in [-0.39, 0.29) is 5.91 Å². The summed E-state index contributed by atoms with van der Waals surface area (Å²) in [6.07, 6.45) is 16.7. The number of benzene rings is 1.